The summed E-state index contributed by atoms with van der Waals surface area (Å²) in [6.07, 6.45) is 0. The van der Waals surface area contributed by atoms with E-state index in [9.17, 15) is 0 Å². The molecule has 0 spiro atoms. The number of anilines is 1. The summed E-state index contributed by atoms with van der Waals surface area (Å²) in [7, 11) is 0. The van der Waals surface area contributed by atoms with E-state index in [2.05, 4.69) is 5.16 Å². The molecule has 0 fully saturated rings. The minimum absolute atomic E-state index is 0.395. The van der Waals surface area contributed by atoms with Crippen molar-refractivity contribution in [2.24, 2.45) is 0 Å². The van der Waals surface area contributed by atoms with Crippen molar-refractivity contribution >= 4 is 40.1 Å². The SMILES string of the molecule is Nc1noc(-c2sccc2Cl)c1-c1cccs1. The van der Waals surface area contributed by atoms with E-state index in [4.69, 9.17) is 21.9 Å². The Kier molecular flexibility index (Phi) is 2.66. The number of rotatable bonds is 2. The van der Waals surface area contributed by atoms with Crippen molar-refractivity contribution < 1.29 is 4.52 Å². The molecule has 6 heteroatoms. The van der Waals surface area contributed by atoms with Gasteiger partial charge in [-0.05, 0) is 22.9 Å². The van der Waals surface area contributed by atoms with Gasteiger partial charge < -0.3 is 10.3 Å². The monoisotopic (exact) mass is 282 g/mol. The highest BCUT2D eigenvalue weighted by molar-refractivity contribution is 7.15. The van der Waals surface area contributed by atoms with Crippen LogP contribution in [-0.4, -0.2) is 5.16 Å². The lowest BCUT2D eigenvalue weighted by molar-refractivity contribution is 0.437. The highest BCUT2D eigenvalue weighted by Crippen LogP contribution is 2.43. The van der Waals surface area contributed by atoms with Gasteiger partial charge in [0.2, 0.25) is 0 Å². The van der Waals surface area contributed by atoms with Gasteiger partial charge in [0, 0.05) is 4.88 Å². The first-order chi connectivity index (χ1) is 8.27. The molecule has 0 aliphatic carbocycles. The van der Waals surface area contributed by atoms with Gasteiger partial charge in [-0.1, -0.05) is 22.8 Å². The molecule has 0 amide bonds. The zero-order valence-electron chi connectivity index (χ0n) is 8.51. The zero-order valence-corrected chi connectivity index (χ0v) is 10.9. The van der Waals surface area contributed by atoms with Crippen LogP contribution in [0, 0.1) is 0 Å². The maximum Gasteiger partial charge on any atom is 0.189 e. The van der Waals surface area contributed by atoms with Crippen molar-refractivity contribution in [3.63, 3.8) is 0 Å². The van der Waals surface area contributed by atoms with Crippen LogP contribution >= 0.6 is 34.3 Å². The number of nitrogens with two attached hydrogens (primary N) is 1. The lowest BCUT2D eigenvalue weighted by atomic mass is 10.2. The molecule has 0 radical (unpaired) electrons. The second kappa shape index (κ2) is 4.18. The van der Waals surface area contributed by atoms with E-state index in [1.807, 2.05) is 29.0 Å². The summed E-state index contributed by atoms with van der Waals surface area (Å²) in [4.78, 5) is 1.89. The number of hydrogen-bond donors (Lipinski definition) is 1. The molecule has 3 aromatic rings. The zero-order chi connectivity index (χ0) is 11.8. The van der Waals surface area contributed by atoms with Crippen molar-refractivity contribution in [1.82, 2.24) is 5.16 Å². The number of nitrogens with zero attached hydrogens (tertiary/aromatic N) is 1. The summed E-state index contributed by atoms with van der Waals surface area (Å²) in [5.74, 6) is 1.04. The number of aromatic nitrogens is 1. The van der Waals surface area contributed by atoms with Crippen LogP contribution < -0.4 is 5.73 Å². The van der Waals surface area contributed by atoms with Crippen LogP contribution in [0.5, 0.6) is 0 Å². The molecule has 0 atom stereocenters. The van der Waals surface area contributed by atoms with Crippen molar-refractivity contribution in [2.75, 3.05) is 5.73 Å². The van der Waals surface area contributed by atoms with Crippen LogP contribution in [0.25, 0.3) is 21.1 Å². The molecule has 86 valence electrons. The molecule has 0 unspecified atom stereocenters. The maximum atomic E-state index is 6.10. The first-order valence-electron chi connectivity index (χ1n) is 4.79. The van der Waals surface area contributed by atoms with Crippen LogP contribution in [0.15, 0.2) is 33.5 Å². The molecule has 17 heavy (non-hydrogen) atoms. The molecule has 3 rings (SSSR count). The quantitative estimate of drug-likeness (QED) is 0.759. The second-order valence-corrected chi connectivity index (χ2v) is 5.62. The Hall–Kier alpha value is -1.30. The first kappa shape index (κ1) is 10.8. The van der Waals surface area contributed by atoms with E-state index in [0.717, 1.165) is 15.3 Å². The molecule has 0 aliphatic rings. The first-order valence-corrected chi connectivity index (χ1v) is 6.93. The lowest BCUT2D eigenvalue weighted by Crippen LogP contribution is -1.86. The number of thiophene rings is 2. The summed E-state index contributed by atoms with van der Waals surface area (Å²) in [6, 6.07) is 5.78. The Morgan fingerprint density at radius 1 is 1.24 bits per heavy atom. The molecular formula is C11H7ClN2OS2. The van der Waals surface area contributed by atoms with Crippen molar-refractivity contribution in [2.45, 2.75) is 0 Å². The smallest absolute Gasteiger partial charge is 0.189 e. The van der Waals surface area contributed by atoms with Gasteiger partial charge in [-0.3, -0.25) is 0 Å². The van der Waals surface area contributed by atoms with Gasteiger partial charge in [0.25, 0.3) is 0 Å². The van der Waals surface area contributed by atoms with Crippen LogP contribution in [0.1, 0.15) is 0 Å². The molecule has 0 aromatic carbocycles. The molecule has 3 aromatic heterocycles. The maximum absolute atomic E-state index is 6.10. The highest BCUT2D eigenvalue weighted by Gasteiger charge is 2.21. The van der Waals surface area contributed by atoms with Crippen LogP contribution in [0.2, 0.25) is 5.02 Å². The van der Waals surface area contributed by atoms with Crippen LogP contribution in [-0.2, 0) is 0 Å². The van der Waals surface area contributed by atoms with Crippen molar-refractivity contribution in [1.29, 1.82) is 0 Å². The van der Waals surface area contributed by atoms with Gasteiger partial charge in [-0.25, -0.2) is 0 Å². The Balaban J connectivity index is 2.23. The van der Waals surface area contributed by atoms with E-state index in [1.54, 1.807) is 11.3 Å². The third-order valence-corrected chi connectivity index (χ3v) is 4.54. The summed E-state index contributed by atoms with van der Waals surface area (Å²) in [6.45, 7) is 0. The lowest BCUT2D eigenvalue weighted by Gasteiger charge is -1.97. The van der Waals surface area contributed by atoms with Gasteiger partial charge in [-0.2, -0.15) is 0 Å². The summed E-state index contributed by atoms with van der Waals surface area (Å²) in [5.41, 5.74) is 6.68. The molecule has 3 heterocycles. The van der Waals surface area contributed by atoms with Gasteiger partial charge in [0.15, 0.2) is 11.6 Å². The Labute approximate surface area is 110 Å². The predicted molar refractivity (Wildman–Crippen MR) is 72.6 cm³/mol. The van der Waals surface area contributed by atoms with E-state index in [-0.39, 0.29) is 0 Å². The van der Waals surface area contributed by atoms with E-state index >= 15 is 0 Å². The number of nitrogen functional groups attached to an aromatic ring is 1. The van der Waals surface area contributed by atoms with Crippen molar-refractivity contribution in [3.05, 3.63) is 34.0 Å². The topological polar surface area (TPSA) is 52.0 Å². The third-order valence-electron chi connectivity index (χ3n) is 2.31. The van der Waals surface area contributed by atoms with Gasteiger partial charge in [-0.15, -0.1) is 22.7 Å². The number of hydrogen-bond acceptors (Lipinski definition) is 5. The average molecular weight is 283 g/mol. The Morgan fingerprint density at radius 3 is 2.76 bits per heavy atom. The standard InChI is InChI=1S/C11H7ClN2OS2/c12-6-3-5-17-10(6)9-8(11(13)14-15-9)7-2-1-4-16-7/h1-5H,(H2,13,14). The molecule has 0 saturated carbocycles. The number of halogens is 1. The fourth-order valence-corrected chi connectivity index (χ4v) is 3.47. The second-order valence-electron chi connectivity index (χ2n) is 3.35. The molecule has 0 saturated heterocycles. The minimum atomic E-state index is 0.395. The van der Waals surface area contributed by atoms with Crippen molar-refractivity contribution in [3.8, 4) is 21.1 Å². The Morgan fingerprint density at radius 2 is 2.12 bits per heavy atom. The fourth-order valence-electron chi connectivity index (χ4n) is 1.57. The van der Waals surface area contributed by atoms with E-state index in [0.29, 0.717) is 16.6 Å². The fraction of sp³-hybridized carbons (Fsp3) is 0. The molecule has 2 N–H and O–H groups in total. The summed E-state index contributed by atoms with van der Waals surface area (Å²) >= 11 is 9.21. The largest absolute Gasteiger partial charge is 0.380 e. The average Bonchev–Trinajstić information content (AvgIpc) is 2.98. The van der Waals surface area contributed by atoms with E-state index in [1.165, 1.54) is 11.3 Å². The van der Waals surface area contributed by atoms with Crippen LogP contribution in [0.3, 0.4) is 0 Å². The molecule has 0 aliphatic heterocycles. The van der Waals surface area contributed by atoms with Gasteiger partial charge >= 0.3 is 0 Å². The molecule has 0 bridgehead atoms. The predicted octanol–water partition coefficient (Wildman–Crippen LogP) is 4.37. The molecular weight excluding hydrogens is 276 g/mol. The Bertz CT molecular complexity index is 642. The summed E-state index contributed by atoms with van der Waals surface area (Å²) in [5, 5.41) is 8.38. The van der Waals surface area contributed by atoms with Gasteiger partial charge in [0.1, 0.15) is 0 Å². The minimum Gasteiger partial charge on any atom is -0.380 e. The van der Waals surface area contributed by atoms with Crippen LogP contribution in [0.4, 0.5) is 5.82 Å². The molecule has 3 nitrogen and oxygen atoms in total. The normalized spacial score (nSPS) is 10.9. The van der Waals surface area contributed by atoms with Gasteiger partial charge in [0.05, 0.1) is 15.5 Å². The highest BCUT2D eigenvalue weighted by atomic mass is 35.5. The van der Waals surface area contributed by atoms with E-state index < -0.39 is 0 Å². The third kappa shape index (κ3) is 1.76. The summed E-state index contributed by atoms with van der Waals surface area (Å²) < 4.78 is 5.30.